The second-order valence-electron chi connectivity index (χ2n) is 5.68. The van der Waals surface area contributed by atoms with Gasteiger partial charge in [0.15, 0.2) is 0 Å². The first-order valence-corrected chi connectivity index (χ1v) is 6.45. The first-order chi connectivity index (χ1) is 9.36. The third kappa shape index (κ3) is 3.35. The Bertz CT molecular complexity index is 595. The second kappa shape index (κ2) is 5.33. The smallest absolute Gasteiger partial charge is 0.219 e. The fourth-order valence-electron chi connectivity index (χ4n) is 1.74. The normalized spacial score (nSPS) is 11.2. The van der Waals surface area contributed by atoms with Crippen LogP contribution in [0.2, 0.25) is 0 Å². The number of benzene rings is 1. The number of nitrogens with zero attached hydrogens (tertiary/aromatic N) is 1. The van der Waals surface area contributed by atoms with Crippen LogP contribution in [-0.4, -0.2) is 10.8 Å². The monoisotopic (exact) mass is 269 g/mol. The molecule has 1 heterocycles. The van der Waals surface area contributed by atoms with E-state index in [1.165, 1.54) is 11.8 Å². The molecule has 0 spiro atoms. The minimum atomic E-state index is -0.00131. The van der Waals surface area contributed by atoms with E-state index in [4.69, 9.17) is 15.9 Å². The molecule has 0 amide bonds. The minimum Gasteiger partial charge on any atom is -0.439 e. The maximum atomic E-state index is 7.31. The summed E-state index contributed by atoms with van der Waals surface area (Å²) in [6.07, 6.45) is 1.53. The molecule has 1 aromatic heterocycles. The van der Waals surface area contributed by atoms with Gasteiger partial charge in [0.1, 0.15) is 11.6 Å². The first-order valence-electron chi connectivity index (χ1n) is 6.45. The van der Waals surface area contributed by atoms with Crippen molar-refractivity contribution in [3.63, 3.8) is 0 Å². The summed E-state index contributed by atoms with van der Waals surface area (Å²) >= 11 is 0. The Balaban J connectivity index is 2.12. The molecule has 0 unspecified atom stereocenters. The number of hydrogen-bond donors (Lipinski definition) is 2. The Kier molecular flexibility index (Phi) is 3.74. The number of amidine groups is 1. The summed E-state index contributed by atoms with van der Waals surface area (Å²) in [6, 6.07) is 11.4. The van der Waals surface area contributed by atoms with Crippen LogP contribution in [0.5, 0.6) is 11.6 Å². The van der Waals surface area contributed by atoms with Gasteiger partial charge >= 0.3 is 0 Å². The molecule has 0 aliphatic carbocycles. The van der Waals surface area contributed by atoms with Crippen molar-refractivity contribution in [3.8, 4) is 11.6 Å². The number of nitrogens with one attached hydrogen (secondary N) is 1. The highest BCUT2D eigenvalue weighted by Gasteiger charge is 2.13. The Labute approximate surface area is 119 Å². The number of pyridine rings is 1. The molecule has 2 aromatic rings. The molecule has 4 heteroatoms. The molecule has 3 N–H and O–H groups in total. The van der Waals surface area contributed by atoms with Gasteiger partial charge in [-0.15, -0.1) is 0 Å². The van der Waals surface area contributed by atoms with Crippen molar-refractivity contribution < 1.29 is 4.74 Å². The van der Waals surface area contributed by atoms with E-state index in [9.17, 15) is 0 Å². The van der Waals surface area contributed by atoms with Crippen LogP contribution in [-0.2, 0) is 5.41 Å². The summed E-state index contributed by atoms with van der Waals surface area (Å²) in [5.74, 6) is 1.22. The van der Waals surface area contributed by atoms with Crippen molar-refractivity contribution >= 4 is 5.84 Å². The maximum absolute atomic E-state index is 7.31. The molecule has 0 radical (unpaired) electrons. The average molecular weight is 269 g/mol. The Hall–Kier alpha value is -2.36. The third-order valence-corrected chi connectivity index (χ3v) is 2.99. The lowest BCUT2D eigenvalue weighted by Crippen LogP contribution is -2.11. The molecule has 0 saturated heterocycles. The summed E-state index contributed by atoms with van der Waals surface area (Å²) in [5.41, 5.74) is 7.34. The van der Waals surface area contributed by atoms with Gasteiger partial charge in [-0.1, -0.05) is 32.9 Å². The van der Waals surface area contributed by atoms with Gasteiger partial charge in [0.25, 0.3) is 0 Å². The quantitative estimate of drug-likeness (QED) is 0.662. The zero-order valence-electron chi connectivity index (χ0n) is 12.0. The highest BCUT2D eigenvalue weighted by atomic mass is 16.5. The summed E-state index contributed by atoms with van der Waals surface area (Å²) in [6.45, 7) is 6.51. The van der Waals surface area contributed by atoms with Crippen molar-refractivity contribution in [1.29, 1.82) is 5.41 Å². The number of ether oxygens (including phenoxy) is 1. The van der Waals surface area contributed by atoms with E-state index in [0.717, 1.165) is 5.75 Å². The fraction of sp³-hybridized carbons (Fsp3) is 0.250. The van der Waals surface area contributed by atoms with Gasteiger partial charge in [0.05, 0.1) is 0 Å². The van der Waals surface area contributed by atoms with Crippen LogP contribution in [0.4, 0.5) is 0 Å². The van der Waals surface area contributed by atoms with Crippen LogP contribution in [0, 0.1) is 5.41 Å². The Morgan fingerprint density at radius 3 is 2.20 bits per heavy atom. The lowest BCUT2D eigenvalue weighted by Gasteiger charge is -2.19. The molecule has 0 atom stereocenters. The predicted octanol–water partition coefficient (Wildman–Crippen LogP) is 3.46. The van der Waals surface area contributed by atoms with Crippen LogP contribution < -0.4 is 10.5 Å². The van der Waals surface area contributed by atoms with Crippen molar-refractivity contribution in [3.05, 3.63) is 53.7 Å². The summed E-state index contributed by atoms with van der Waals surface area (Å²) < 4.78 is 5.66. The van der Waals surface area contributed by atoms with Gasteiger partial charge in [-0.25, -0.2) is 4.98 Å². The highest BCUT2D eigenvalue weighted by Crippen LogP contribution is 2.26. The fourth-order valence-corrected chi connectivity index (χ4v) is 1.74. The van der Waals surface area contributed by atoms with Crippen LogP contribution in [0.1, 0.15) is 31.9 Å². The average Bonchev–Trinajstić information content (AvgIpc) is 2.39. The van der Waals surface area contributed by atoms with Gasteiger partial charge in [0, 0.05) is 17.8 Å². The topological polar surface area (TPSA) is 72.0 Å². The maximum Gasteiger partial charge on any atom is 0.219 e. The molecule has 2 rings (SSSR count). The van der Waals surface area contributed by atoms with Crippen LogP contribution in [0.25, 0.3) is 0 Å². The molecular formula is C16H19N3O. The first kappa shape index (κ1) is 14.1. The second-order valence-corrected chi connectivity index (χ2v) is 5.68. The predicted molar refractivity (Wildman–Crippen MR) is 80.5 cm³/mol. The molecule has 20 heavy (non-hydrogen) atoms. The van der Waals surface area contributed by atoms with Crippen molar-refractivity contribution in [2.45, 2.75) is 26.2 Å². The molecule has 0 saturated carbocycles. The zero-order valence-corrected chi connectivity index (χ0v) is 12.0. The third-order valence-electron chi connectivity index (χ3n) is 2.99. The number of nitrogens with two attached hydrogens (primary N) is 1. The van der Waals surface area contributed by atoms with E-state index < -0.39 is 0 Å². The SMILES string of the molecule is CC(C)(C)c1ccc(Oc2ccc(C(=N)N)cn2)cc1. The van der Waals surface area contributed by atoms with Gasteiger partial charge in [0.2, 0.25) is 5.88 Å². The summed E-state index contributed by atoms with van der Waals surface area (Å²) in [4.78, 5) is 4.12. The molecule has 0 fully saturated rings. The largest absolute Gasteiger partial charge is 0.439 e. The van der Waals surface area contributed by atoms with E-state index in [0.29, 0.717) is 11.4 Å². The highest BCUT2D eigenvalue weighted by molar-refractivity contribution is 5.94. The van der Waals surface area contributed by atoms with Crippen LogP contribution in [0.15, 0.2) is 42.6 Å². The molecule has 0 bridgehead atoms. The number of rotatable bonds is 3. The lowest BCUT2D eigenvalue weighted by molar-refractivity contribution is 0.462. The van der Waals surface area contributed by atoms with Crippen molar-refractivity contribution in [1.82, 2.24) is 4.98 Å². The van der Waals surface area contributed by atoms with Gasteiger partial charge in [-0.05, 0) is 29.2 Å². The Morgan fingerprint density at radius 2 is 1.75 bits per heavy atom. The van der Waals surface area contributed by atoms with Crippen molar-refractivity contribution in [2.24, 2.45) is 5.73 Å². The standard InChI is InChI=1S/C16H19N3O/c1-16(2,3)12-5-7-13(8-6-12)20-14-9-4-11(10-19-14)15(17)18/h4-10H,1-3H3,(H3,17,18). The molecule has 1 aromatic carbocycles. The number of hydrogen-bond acceptors (Lipinski definition) is 3. The number of nitrogen functional groups attached to an aromatic ring is 1. The van der Waals surface area contributed by atoms with E-state index >= 15 is 0 Å². The van der Waals surface area contributed by atoms with Crippen LogP contribution in [0.3, 0.4) is 0 Å². The number of aromatic nitrogens is 1. The van der Waals surface area contributed by atoms with E-state index in [2.05, 4.69) is 37.9 Å². The van der Waals surface area contributed by atoms with E-state index in [1.54, 1.807) is 12.1 Å². The molecule has 4 nitrogen and oxygen atoms in total. The van der Waals surface area contributed by atoms with Gasteiger partial charge in [-0.3, -0.25) is 5.41 Å². The van der Waals surface area contributed by atoms with Gasteiger partial charge < -0.3 is 10.5 Å². The molecular weight excluding hydrogens is 250 g/mol. The minimum absolute atomic E-state index is 0.00131. The van der Waals surface area contributed by atoms with E-state index in [-0.39, 0.29) is 11.3 Å². The summed E-state index contributed by atoms with van der Waals surface area (Å²) in [7, 11) is 0. The Morgan fingerprint density at radius 1 is 1.10 bits per heavy atom. The van der Waals surface area contributed by atoms with E-state index in [1.807, 2.05) is 12.1 Å². The zero-order chi connectivity index (χ0) is 14.8. The van der Waals surface area contributed by atoms with Crippen LogP contribution >= 0.6 is 0 Å². The molecule has 0 aliphatic rings. The summed E-state index contributed by atoms with van der Waals surface area (Å²) in [5, 5.41) is 7.31. The molecule has 104 valence electrons. The van der Waals surface area contributed by atoms with Crippen molar-refractivity contribution in [2.75, 3.05) is 0 Å². The lowest BCUT2D eigenvalue weighted by atomic mass is 9.87. The molecule has 0 aliphatic heterocycles. The van der Waals surface area contributed by atoms with Gasteiger partial charge in [-0.2, -0.15) is 0 Å².